The Bertz CT molecular complexity index is 289. The quantitative estimate of drug-likeness (QED) is 0.678. The normalized spacial score (nSPS) is 23.5. The van der Waals surface area contributed by atoms with E-state index in [9.17, 15) is 0 Å². The molecule has 0 N–H and O–H groups in total. The number of aromatic nitrogens is 2. The van der Waals surface area contributed by atoms with E-state index < -0.39 is 0 Å². The lowest BCUT2D eigenvalue weighted by molar-refractivity contribution is 0.0532. The lowest BCUT2D eigenvalue weighted by Crippen LogP contribution is -2.41. The molecule has 4 nitrogen and oxygen atoms in total. The molecule has 1 aliphatic rings. The van der Waals surface area contributed by atoms with E-state index in [4.69, 9.17) is 4.74 Å². The molecule has 0 bridgehead atoms. The van der Waals surface area contributed by atoms with Crippen molar-refractivity contribution in [2.24, 2.45) is 0 Å². The molecule has 0 spiro atoms. The van der Waals surface area contributed by atoms with Crippen molar-refractivity contribution in [3.8, 4) is 0 Å². The van der Waals surface area contributed by atoms with Crippen LogP contribution in [0.15, 0.2) is 0 Å². The fourth-order valence-electron chi connectivity index (χ4n) is 1.41. The average Bonchev–Trinajstić information content (AvgIpc) is 2.52. The number of hydrogen-bond donors (Lipinski definition) is 0. The van der Waals surface area contributed by atoms with E-state index in [0.29, 0.717) is 6.10 Å². The molecule has 0 saturated carbocycles. The largest absolute Gasteiger partial charge is 0.375 e. The van der Waals surface area contributed by atoms with E-state index in [1.54, 1.807) is 11.3 Å². The topological polar surface area (TPSA) is 38.2 Å². The lowest BCUT2D eigenvalue weighted by Gasteiger charge is -2.30. The van der Waals surface area contributed by atoms with Gasteiger partial charge in [0.2, 0.25) is 5.13 Å². The van der Waals surface area contributed by atoms with E-state index in [2.05, 4.69) is 22.0 Å². The maximum Gasteiger partial charge on any atom is 0.208 e. The summed E-state index contributed by atoms with van der Waals surface area (Å²) < 4.78 is 5.45. The maximum absolute atomic E-state index is 5.45. The van der Waals surface area contributed by atoms with Gasteiger partial charge in [-0.25, -0.2) is 0 Å². The molecule has 1 fully saturated rings. The zero-order valence-corrected chi connectivity index (χ0v) is 8.67. The van der Waals surface area contributed by atoms with E-state index >= 15 is 0 Å². The van der Waals surface area contributed by atoms with E-state index in [-0.39, 0.29) is 0 Å². The Balaban J connectivity index is 2.08. The number of nitrogens with zero attached hydrogens (tertiary/aromatic N) is 3. The van der Waals surface area contributed by atoms with Crippen molar-refractivity contribution in [3.05, 3.63) is 5.01 Å². The van der Waals surface area contributed by atoms with Gasteiger partial charge >= 0.3 is 0 Å². The van der Waals surface area contributed by atoms with Crippen LogP contribution in [0.5, 0.6) is 0 Å². The Morgan fingerprint density at radius 1 is 1.54 bits per heavy atom. The highest BCUT2D eigenvalue weighted by molar-refractivity contribution is 7.15. The molecule has 1 aromatic rings. The SMILES string of the molecule is Cc1nnc(N2CCO[C@@H](C)C2)s1. The van der Waals surface area contributed by atoms with Crippen LogP contribution in [0.25, 0.3) is 0 Å². The van der Waals surface area contributed by atoms with Crippen LogP contribution in [0.4, 0.5) is 5.13 Å². The van der Waals surface area contributed by atoms with Gasteiger partial charge in [0.15, 0.2) is 0 Å². The molecule has 13 heavy (non-hydrogen) atoms. The van der Waals surface area contributed by atoms with Gasteiger partial charge < -0.3 is 9.64 Å². The predicted octanol–water partition coefficient (Wildman–Crippen LogP) is 1.07. The maximum atomic E-state index is 5.45. The molecular weight excluding hydrogens is 186 g/mol. The molecule has 1 atom stereocenters. The Hall–Kier alpha value is -0.680. The summed E-state index contributed by atoms with van der Waals surface area (Å²) in [6.07, 6.45) is 0.304. The average molecular weight is 199 g/mol. The highest BCUT2D eigenvalue weighted by Gasteiger charge is 2.19. The zero-order valence-electron chi connectivity index (χ0n) is 7.86. The molecular formula is C8H13N3OS. The van der Waals surface area contributed by atoms with Crippen molar-refractivity contribution < 1.29 is 4.74 Å². The summed E-state index contributed by atoms with van der Waals surface area (Å²) in [6.45, 7) is 6.71. The Kier molecular flexibility index (Phi) is 2.46. The molecule has 0 unspecified atom stereocenters. The van der Waals surface area contributed by atoms with Crippen LogP contribution in [0, 0.1) is 6.92 Å². The monoisotopic (exact) mass is 199 g/mol. The first-order chi connectivity index (χ1) is 6.25. The summed E-state index contributed by atoms with van der Waals surface area (Å²) in [4.78, 5) is 2.23. The third-order valence-corrected chi connectivity index (χ3v) is 2.93. The minimum absolute atomic E-state index is 0.304. The fourth-order valence-corrected chi connectivity index (χ4v) is 2.13. The van der Waals surface area contributed by atoms with Gasteiger partial charge in [0, 0.05) is 13.1 Å². The summed E-state index contributed by atoms with van der Waals surface area (Å²) >= 11 is 1.64. The van der Waals surface area contributed by atoms with E-state index in [1.807, 2.05) is 6.92 Å². The van der Waals surface area contributed by atoms with Crippen molar-refractivity contribution in [1.29, 1.82) is 0 Å². The van der Waals surface area contributed by atoms with Gasteiger partial charge in [-0.15, -0.1) is 10.2 Å². The van der Waals surface area contributed by atoms with Crippen LogP contribution in [-0.2, 0) is 4.74 Å². The van der Waals surface area contributed by atoms with Crippen molar-refractivity contribution in [3.63, 3.8) is 0 Å². The number of aryl methyl sites for hydroxylation is 1. The highest BCUT2D eigenvalue weighted by Crippen LogP contribution is 2.21. The van der Waals surface area contributed by atoms with Crippen LogP contribution in [0.3, 0.4) is 0 Å². The van der Waals surface area contributed by atoms with Crippen LogP contribution in [-0.4, -0.2) is 36.0 Å². The first-order valence-electron chi connectivity index (χ1n) is 4.42. The van der Waals surface area contributed by atoms with Crippen molar-refractivity contribution in [2.45, 2.75) is 20.0 Å². The molecule has 2 heterocycles. The Morgan fingerprint density at radius 3 is 3.00 bits per heavy atom. The standard InChI is InChI=1S/C8H13N3OS/c1-6-5-11(3-4-12-6)8-10-9-7(2)13-8/h6H,3-5H2,1-2H3/t6-/m0/s1. The summed E-state index contributed by atoms with van der Waals surface area (Å²) in [5.74, 6) is 0. The van der Waals surface area contributed by atoms with Gasteiger partial charge in [0.25, 0.3) is 0 Å². The number of anilines is 1. The van der Waals surface area contributed by atoms with Crippen LogP contribution in [0.1, 0.15) is 11.9 Å². The van der Waals surface area contributed by atoms with Gasteiger partial charge in [-0.3, -0.25) is 0 Å². The molecule has 72 valence electrons. The lowest BCUT2D eigenvalue weighted by atomic mass is 10.3. The Morgan fingerprint density at radius 2 is 2.38 bits per heavy atom. The molecule has 0 radical (unpaired) electrons. The van der Waals surface area contributed by atoms with Crippen LogP contribution in [0.2, 0.25) is 0 Å². The predicted molar refractivity (Wildman–Crippen MR) is 52.3 cm³/mol. The van der Waals surface area contributed by atoms with Crippen LogP contribution >= 0.6 is 11.3 Å². The summed E-state index contributed by atoms with van der Waals surface area (Å²) in [7, 11) is 0. The summed E-state index contributed by atoms with van der Waals surface area (Å²) in [5, 5.41) is 10.2. The number of rotatable bonds is 1. The van der Waals surface area contributed by atoms with Gasteiger partial charge in [-0.05, 0) is 13.8 Å². The first-order valence-corrected chi connectivity index (χ1v) is 5.24. The van der Waals surface area contributed by atoms with Crippen LogP contribution < -0.4 is 4.90 Å². The molecule has 0 amide bonds. The molecule has 0 aromatic carbocycles. The minimum Gasteiger partial charge on any atom is -0.375 e. The highest BCUT2D eigenvalue weighted by atomic mass is 32.1. The van der Waals surface area contributed by atoms with Gasteiger partial charge in [0.05, 0.1) is 12.7 Å². The van der Waals surface area contributed by atoms with Gasteiger partial charge in [-0.1, -0.05) is 11.3 Å². The second-order valence-corrected chi connectivity index (χ2v) is 4.39. The molecule has 2 rings (SSSR count). The number of hydrogen-bond acceptors (Lipinski definition) is 5. The molecule has 0 aliphatic carbocycles. The third kappa shape index (κ3) is 1.97. The van der Waals surface area contributed by atoms with E-state index in [1.165, 1.54) is 0 Å². The van der Waals surface area contributed by atoms with Crippen molar-refractivity contribution in [1.82, 2.24) is 10.2 Å². The summed E-state index contributed by atoms with van der Waals surface area (Å²) in [5.41, 5.74) is 0. The van der Waals surface area contributed by atoms with Crippen molar-refractivity contribution in [2.75, 3.05) is 24.6 Å². The van der Waals surface area contributed by atoms with Gasteiger partial charge in [-0.2, -0.15) is 0 Å². The molecule has 1 aromatic heterocycles. The second kappa shape index (κ2) is 3.59. The second-order valence-electron chi connectivity index (χ2n) is 3.23. The minimum atomic E-state index is 0.304. The van der Waals surface area contributed by atoms with Gasteiger partial charge in [0.1, 0.15) is 5.01 Å². The smallest absolute Gasteiger partial charge is 0.208 e. The summed E-state index contributed by atoms with van der Waals surface area (Å²) in [6, 6.07) is 0. The Labute approximate surface area is 81.5 Å². The number of ether oxygens (including phenoxy) is 1. The molecule has 1 aliphatic heterocycles. The van der Waals surface area contributed by atoms with Crippen molar-refractivity contribution >= 4 is 16.5 Å². The zero-order chi connectivity index (χ0) is 9.26. The van der Waals surface area contributed by atoms with E-state index in [0.717, 1.165) is 29.8 Å². The number of morpholine rings is 1. The first kappa shape index (κ1) is 8.90. The fraction of sp³-hybridized carbons (Fsp3) is 0.750. The molecule has 1 saturated heterocycles. The molecule has 5 heteroatoms. The third-order valence-electron chi connectivity index (χ3n) is 2.03.